The van der Waals surface area contributed by atoms with E-state index in [9.17, 15) is 4.79 Å². The maximum atomic E-state index is 12.2. The molecule has 56 heavy (non-hydrogen) atoms. The molecule has 0 N–H and O–H groups in total. The van der Waals surface area contributed by atoms with Crippen LogP contribution in [0.1, 0.15) is 86.1 Å². The van der Waals surface area contributed by atoms with Crippen LogP contribution in [0.15, 0.2) is 84.9 Å². The second-order valence-corrected chi connectivity index (χ2v) is 27.6. The van der Waals surface area contributed by atoms with Crippen molar-refractivity contribution < 1.29 is 37.3 Å². The Kier molecular flexibility index (Phi) is 14.7. The number of benzene rings is 3. The number of methoxy groups -OCH3 is 2. The van der Waals surface area contributed by atoms with Crippen molar-refractivity contribution in [3.63, 3.8) is 0 Å². The normalized spacial score (nSPS) is 24.8. The molecule has 2 aliphatic heterocycles. The summed E-state index contributed by atoms with van der Waals surface area (Å²) < 4.78 is 47.0. The largest absolute Gasteiger partial charge is 0.497 e. The van der Waals surface area contributed by atoms with Crippen molar-refractivity contribution in [3.8, 4) is 5.75 Å². The summed E-state index contributed by atoms with van der Waals surface area (Å²) in [6.45, 7) is 21.1. The summed E-state index contributed by atoms with van der Waals surface area (Å²) in [4.78, 5) is 12.2. The highest BCUT2D eigenvalue weighted by Crippen LogP contribution is 2.46. The Morgan fingerprint density at radius 2 is 1.34 bits per heavy atom. The van der Waals surface area contributed by atoms with Crippen LogP contribution in [-0.4, -0.2) is 80.1 Å². The van der Waals surface area contributed by atoms with Gasteiger partial charge in [-0.25, -0.2) is 0 Å². The molecule has 0 bridgehead atoms. The van der Waals surface area contributed by atoms with E-state index in [2.05, 4.69) is 115 Å². The van der Waals surface area contributed by atoms with Crippen LogP contribution in [0.2, 0.25) is 23.2 Å². The Labute approximate surface area is 339 Å². The molecule has 308 valence electrons. The van der Waals surface area contributed by atoms with Crippen LogP contribution in [0.5, 0.6) is 5.75 Å². The minimum Gasteiger partial charge on any atom is -0.497 e. The molecule has 1 spiro atoms. The molecule has 2 heterocycles. The van der Waals surface area contributed by atoms with Crippen molar-refractivity contribution in [3.05, 3.63) is 90.5 Å². The number of carbonyl (C=O) groups is 1. The molecule has 0 aromatic heterocycles. The molecule has 2 fully saturated rings. The molecule has 0 amide bonds. The molecule has 10 heteroatoms. The van der Waals surface area contributed by atoms with E-state index in [4.69, 9.17) is 32.5 Å². The first-order chi connectivity index (χ1) is 26.4. The van der Waals surface area contributed by atoms with Crippen LogP contribution in [0.25, 0.3) is 0 Å². The van der Waals surface area contributed by atoms with E-state index in [0.717, 1.165) is 17.6 Å². The number of hydrogen-bond acceptors (Lipinski definition) is 8. The van der Waals surface area contributed by atoms with Gasteiger partial charge in [0.25, 0.3) is 8.32 Å². The lowest BCUT2D eigenvalue weighted by Gasteiger charge is -2.52. The molecular weight excluding hydrogens is 737 g/mol. The van der Waals surface area contributed by atoms with Gasteiger partial charge in [0.2, 0.25) is 0 Å². The SMILES string of the molecule is COc1ccc(COC(C[C@@H]2C[C@H](OC)C[C@]3(C[C@@H](O[Si](C)(C)C(C)(C)C)C[C@H](CO[Si](c4ccccc4)(c4ccccc4)C(C)(C)C)O3)O2)[C@@H](C)C=O)cc1. The molecule has 8 nitrogen and oxygen atoms in total. The van der Waals surface area contributed by atoms with Crippen molar-refractivity contribution in [2.45, 2.75) is 147 Å². The zero-order valence-electron chi connectivity index (χ0n) is 35.8. The minimum absolute atomic E-state index is 0.0316. The van der Waals surface area contributed by atoms with Gasteiger partial charge in [-0.05, 0) is 51.2 Å². The Morgan fingerprint density at radius 3 is 1.86 bits per heavy atom. The topological polar surface area (TPSA) is 81.7 Å². The molecule has 0 radical (unpaired) electrons. The van der Waals surface area contributed by atoms with Crippen molar-refractivity contribution in [2.24, 2.45) is 5.92 Å². The van der Waals surface area contributed by atoms with Crippen molar-refractivity contribution in [1.29, 1.82) is 0 Å². The van der Waals surface area contributed by atoms with Gasteiger partial charge in [0.1, 0.15) is 12.0 Å². The molecule has 0 saturated carbocycles. The summed E-state index contributed by atoms with van der Waals surface area (Å²) in [6.07, 6.45) is 2.94. The molecule has 2 saturated heterocycles. The van der Waals surface area contributed by atoms with Crippen molar-refractivity contribution in [2.75, 3.05) is 20.8 Å². The number of ether oxygens (including phenoxy) is 5. The summed E-state index contributed by atoms with van der Waals surface area (Å²) in [6, 6.07) is 29.3. The van der Waals surface area contributed by atoms with Gasteiger partial charge < -0.3 is 37.3 Å². The molecule has 7 atom stereocenters. The van der Waals surface area contributed by atoms with Gasteiger partial charge in [-0.2, -0.15) is 0 Å². The van der Waals surface area contributed by atoms with Crippen LogP contribution in [0, 0.1) is 5.92 Å². The molecule has 0 aliphatic carbocycles. The van der Waals surface area contributed by atoms with Gasteiger partial charge in [0.05, 0.1) is 50.8 Å². The first kappa shape index (κ1) is 44.4. The maximum Gasteiger partial charge on any atom is 0.261 e. The summed E-state index contributed by atoms with van der Waals surface area (Å²) in [5.41, 5.74) is 1.01. The van der Waals surface area contributed by atoms with Crippen LogP contribution >= 0.6 is 0 Å². The fourth-order valence-corrected chi connectivity index (χ4v) is 14.2. The number of carbonyl (C=O) groups excluding carboxylic acids is 1. The Bertz CT molecular complexity index is 1620. The van der Waals surface area contributed by atoms with E-state index >= 15 is 0 Å². The zero-order valence-corrected chi connectivity index (χ0v) is 37.8. The van der Waals surface area contributed by atoms with E-state index in [1.165, 1.54) is 10.4 Å². The predicted octanol–water partition coefficient (Wildman–Crippen LogP) is 8.84. The minimum atomic E-state index is -2.84. The number of aldehydes is 1. The van der Waals surface area contributed by atoms with E-state index < -0.39 is 22.4 Å². The van der Waals surface area contributed by atoms with Crippen LogP contribution in [0.3, 0.4) is 0 Å². The van der Waals surface area contributed by atoms with E-state index in [-0.39, 0.29) is 46.5 Å². The molecule has 1 unspecified atom stereocenters. The number of rotatable bonds is 16. The van der Waals surface area contributed by atoms with Crippen LogP contribution in [-0.2, 0) is 39.2 Å². The van der Waals surface area contributed by atoms with Crippen LogP contribution in [0.4, 0.5) is 0 Å². The van der Waals surface area contributed by atoms with Gasteiger partial charge in [0.15, 0.2) is 14.1 Å². The van der Waals surface area contributed by atoms with E-state index in [1.807, 2.05) is 31.2 Å². The molecular formula is C46H68O8Si2. The van der Waals surface area contributed by atoms with Gasteiger partial charge in [-0.15, -0.1) is 0 Å². The average Bonchev–Trinajstić information content (AvgIpc) is 3.16. The van der Waals surface area contributed by atoms with Crippen molar-refractivity contribution in [1.82, 2.24) is 0 Å². The monoisotopic (exact) mass is 804 g/mol. The lowest BCUT2D eigenvalue weighted by atomic mass is 9.87. The third kappa shape index (κ3) is 10.5. The van der Waals surface area contributed by atoms with Gasteiger partial charge in [0, 0.05) is 45.1 Å². The van der Waals surface area contributed by atoms with E-state index in [0.29, 0.717) is 45.3 Å². The van der Waals surface area contributed by atoms with E-state index in [1.54, 1.807) is 14.2 Å². The van der Waals surface area contributed by atoms with Gasteiger partial charge in [-0.3, -0.25) is 0 Å². The zero-order chi connectivity index (χ0) is 40.8. The van der Waals surface area contributed by atoms with Gasteiger partial charge >= 0.3 is 0 Å². The highest BCUT2D eigenvalue weighted by molar-refractivity contribution is 6.99. The summed E-state index contributed by atoms with van der Waals surface area (Å²) >= 11 is 0. The summed E-state index contributed by atoms with van der Waals surface area (Å²) in [5, 5.41) is 2.32. The second kappa shape index (κ2) is 18.5. The Balaban J connectivity index is 1.46. The molecule has 5 rings (SSSR count). The lowest BCUT2D eigenvalue weighted by molar-refractivity contribution is -0.343. The second-order valence-electron chi connectivity index (χ2n) is 18.5. The quantitative estimate of drug-likeness (QED) is 0.105. The fraction of sp³-hybridized carbons (Fsp3) is 0.587. The summed E-state index contributed by atoms with van der Waals surface area (Å²) in [5.74, 6) is -0.499. The highest BCUT2D eigenvalue weighted by atomic mass is 28.4. The highest BCUT2D eigenvalue weighted by Gasteiger charge is 2.54. The molecule has 2 aliphatic rings. The smallest absolute Gasteiger partial charge is 0.261 e. The summed E-state index contributed by atoms with van der Waals surface area (Å²) in [7, 11) is -1.60. The lowest BCUT2D eigenvalue weighted by Crippen LogP contribution is -2.67. The predicted molar refractivity (Wildman–Crippen MR) is 229 cm³/mol. The standard InChI is InChI=1S/C46H68O8Si2/c1-34(31-47)43(50-32-35-22-24-36(48-8)25-23-35)28-37-26-38(49-9)29-46(52-37)30-39(54-55(10,11)44(2,3)4)27-40(53-46)33-51-56(45(5,6)7,41-18-14-12-15-19-41)42-20-16-13-17-21-42/h12-25,31,34,37-40,43H,26-30,32-33H2,1-11H3/t34-,37-,38-,39-,40+,43?,46-/m0/s1. The van der Waals surface area contributed by atoms with Gasteiger partial charge in [-0.1, -0.05) is 121 Å². The first-order valence-corrected chi connectivity index (χ1v) is 25.3. The number of hydrogen-bond donors (Lipinski definition) is 0. The first-order valence-electron chi connectivity index (χ1n) is 20.5. The fourth-order valence-electron chi connectivity index (χ4n) is 8.25. The Morgan fingerprint density at radius 1 is 0.786 bits per heavy atom. The Hall–Kier alpha value is -2.68. The third-order valence-corrected chi connectivity index (χ3v) is 21.9. The molecule has 3 aromatic rings. The average molecular weight is 805 g/mol. The maximum absolute atomic E-state index is 12.2. The van der Waals surface area contributed by atoms with Crippen molar-refractivity contribution >= 4 is 33.3 Å². The third-order valence-electron chi connectivity index (χ3n) is 12.3. The molecule has 3 aromatic carbocycles. The van der Waals surface area contributed by atoms with Crippen LogP contribution < -0.4 is 15.1 Å².